The second kappa shape index (κ2) is 59.6. The van der Waals surface area contributed by atoms with Crippen molar-refractivity contribution in [3.8, 4) is 0 Å². The monoisotopic (exact) mass is 1550 g/mol. The standard InChI is InChI=1S/C13H23NO2.C12H22N2O2.C12H20O2.C11H19NO2.C11H18O2.C10H17NO2.C10H16O2.C9H15NO2/c1-13(2,3)12(16)9-8-11(15)7-6-10-14(4)5;1-12(2,3)10(15)9-13-11(16)7-6-8-14(4)5;1-9(2)8-10(13)6-7-11(14)12(3,4)5;1-8(2)6-10(14)12-7-9(13)11(3,4)5;1-5-6-9(12)7-8-10(13)11(2,3)4;1-5-6-9(13)11-7-8(12)10(2,3)4;1-5-8(11)6-7-9(12)10(2,3)4;1-5-8(12)10-6-7(11)9(2,3)4/h6-7H,8-10H2,1-5H3;6-7H,8-9H2,1-5H3,(H,13,16);8H,6-7H2,1-5H3;6H,7H2,1-5H3,(H,12,14);5-6H,7-8H2,1-4H3;5-6H,7H2,1-4H3,(H,11,13);5H,1,6-7H2,2-4H3;5H,1,6H2,2-4H3,(H,10,12)/b2*7-6+;;;2*6-5-;;. The number of carbonyl (C=O) groups excluding carboxylic acids is 16. The molecule has 0 rings (SSSR count). The van der Waals surface area contributed by atoms with Crippen LogP contribution in [-0.2, 0) is 76.7 Å². The molecule has 0 aliphatic rings. The van der Waals surface area contributed by atoms with E-state index in [2.05, 4.69) is 34.4 Å². The number of hydrogen-bond donors (Lipinski definition) is 4. The molecule has 0 aromatic carbocycles. The van der Waals surface area contributed by atoms with Gasteiger partial charge in [0.2, 0.25) is 23.6 Å². The Morgan fingerprint density at radius 2 is 0.509 bits per heavy atom. The smallest absolute Gasteiger partial charge is 0.244 e. The van der Waals surface area contributed by atoms with E-state index in [1.165, 1.54) is 30.4 Å². The van der Waals surface area contributed by atoms with Crippen LogP contribution < -0.4 is 21.3 Å². The van der Waals surface area contributed by atoms with Crippen LogP contribution >= 0.6 is 0 Å². The van der Waals surface area contributed by atoms with E-state index in [1.807, 2.05) is 238 Å². The summed E-state index contributed by atoms with van der Waals surface area (Å²) in [6.45, 7) is 63.8. The zero-order valence-corrected chi connectivity index (χ0v) is 74.7. The van der Waals surface area contributed by atoms with Gasteiger partial charge in [-0.3, -0.25) is 76.7 Å². The van der Waals surface area contributed by atoms with E-state index in [1.54, 1.807) is 44.2 Å². The molecule has 0 fully saturated rings. The van der Waals surface area contributed by atoms with Gasteiger partial charge in [-0.1, -0.05) is 215 Å². The molecule has 0 heterocycles. The van der Waals surface area contributed by atoms with Crippen molar-refractivity contribution in [3.63, 3.8) is 0 Å². The van der Waals surface area contributed by atoms with E-state index in [4.69, 9.17) is 0 Å². The van der Waals surface area contributed by atoms with Gasteiger partial charge in [0.25, 0.3) is 0 Å². The van der Waals surface area contributed by atoms with E-state index >= 15 is 0 Å². The van der Waals surface area contributed by atoms with Gasteiger partial charge in [0.05, 0.1) is 26.2 Å². The number of allylic oxidation sites excluding steroid dienone is 8. The Hall–Kier alpha value is -8.24. The van der Waals surface area contributed by atoms with Crippen molar-refractivity contribution in [2.24, 2.45) is 43.3 Å². The largest absolute Gasteiger partial charge is 0.345 e. The molecule has 0 spiro atoms. The second-order valence-corrected chi connectivity index (χ2v) is 35.3. The fourth-order valence-corrected chi connectivity index (χ4v) is 6.45. The van der Waals surface area contributed by atoms with Crippen LogP contribution in [0.15, 0.2) is 97.2 Å². The molecule has 0 aliphatic heterocycles. The van der Waals surface area contributed by atoms with E-state index in [-0.39, 0.29) is 146 Å². The molecule has 0 aliphatic carbocycles. The predicted octanol–water partition coefficient (Wildman–Crippen LogP) is 14.4. The van der Waals surface area contributed by atoms with Crippen molar-refractivity contribution < 1.29 is 76.7 Å². The molecule has 110 heavy (non-hydrogen) atoms. The minimum atomic E-state index is -0.402. The van der Waals surface area contributed by atoms with Crippen LogP contribution in [0.2, 0.25) is 0 Å². The molecular weight excluding hydrogens is 1400 g/mol. The normalized spacial score (nSPS) is 11.5. The van der Waals surface area contributed by atoms with Crippen molar-refractivity contribution in [1.82, 2.24) is 31.1 Å². The Morgan fingerprint density at radius 3 is 0.755 bits per heavy atom. The van der Waals surface area contributed by atoms with Gasteiger partial charge in [-0.05, 0) is 106 Å². The maximum absolute atomic E-state index is 11.6. The highest BCUT2D eigenvalue weighted by Crippen LogP contribution is 2.22. The van der Waals surface area contributed by atoms with Crippen LogP contribution in [-0.4, -0.2) is 170 Å². The summed E-state index contributed by atoms with van der Waals surface area (Å²) in [4.78, 5) is 184. The van der Waals surface area contributed by atoms with E-state index in [0.717, 1.165) is 23.8 Å². The van der Waals surface area contributed by atoms with Crippen molar-refractivity contribution in [3.05, 3.63) is 97.2 Å². The number of nitrogens with zero attached hydrogens (tertiary/aromatic N) is 2. The first-order chi connectivity index (χ1) is 49.4. The van der Waals surface area contributed by atoms with Gasteiger partial charge < -0.3 is 31.1 Å². The molecule has 0 radical (unpaired) electrons. The molecule has 0 aromatic heterocycles. The van der Waals surface area contributed by atoms with Crippen LogP contribution in [0.1, 0.15) is 259 Å². The summed E-state index contributed by atoms with van der Waals surface area (Å²) in [7, 11) is 7.73. The van der Waals surface area contributed by atoms with Crippen LogP contribution in [0.25, 0.3) is 0 Å². The summed E-state index contributed by atoms with van der Waals surface area (Å²) < 4.78 is 0. The molecule has 0 saturated heterocycles. The summed E-state index contributed by atoms with van der Waals surface area (Å²) >= 11 is 0. The van der Waals surface area contributed by atoms with Crippen molar-refractivity contribution in [2.45, 2.75) is 259 Å². The van der Waals surface area contributed by atoms with Gasteiger partial charge >= 0.3 is 0 Å². The second-order valence-electron chi connectivity index (χ2n) is 35.3. The number of rotatable bonds is 32. The number of amides is 4. The maximum Gasteiger partial charge on any atom is 0.244 e. The number of ketones is 12. The number of carbonyl (C=O) groups is 16. The van der Waals surface area contributed by atoms with Gasteiger partial charge in [-0.15, -0.1) is 0 Å². The van der Waals surface area contributed by atoms with Gasteiger partial charge in [-0.2, -0.15) is 0 Å². The lowest BCUT2D eigenvalue weighted by Gasteiger charge is -2.16. The van der Waals surface area contributed by atoms with Crippen LogP contribution in [0.5, 0.6) is 0 Å². The molecule has 4 amide bonds. The van der Waals surface area contributed by atoms with Crippen molar-refractivity contribution in [2.75, 3.05) is 67.5 Å². The Labute approximate surface area is 664 Å². The van der Waals surface area contributed by atoms with E-state index in [9.17, 15) is 76.7 Å². The SMILES string of the molecule is C/C=C\C(=O)CCC(=O)C(C)(C)C.C/C=C\C(=O)NCC(=O)C(C)(C)C.C=CC(=O)CCC(=O)C(C)(C)C.C=CC(=O)NCC(=O)C(C)(C)C.CC(C)=CC(=O)CCC(=O)C(C)(C)C.CC(C)=CC(=O)NCC(=O)C(C)(C)C.CN(C)C/C=C/C(=O)CCC(=O)C(C)(C)C.CN(C)C/C=C/C(=O)NCC(=O)C(C)(C)C. The molecule has 22 heteroatoms. The predicted molar refractivity (Wildman–Crippen MR) is 449 cm³/mol. The van der Waals surface area contributed by atoms with Gasteiger partial charge in [0.1, 0.15) is 23.1 Å². The first-order valence-electron chi connectivity index (χ1n) is 37.4. The molecule has 0 aromatic rings. The number of Topliss-reactive ketones (excluding diaryl/α,β-unsaturated/α-hetero) is 8. The third kappa shape index (κ3) is 80.8. The summed E-state index contributed by atoms with van der Waals surface area (Å²) in [5.41, 5.74) is -0.989. The molecule has 628 valence electrons. The maximum atomic E-state index is 11.6. The summed E-state index contributed by atoms with van der Waals surface area (Å²) in [6.07, 6.45) is 21.0. The average Bonchev–Trinajstić information content (AvgIpc) is 0.957. The van der Waals surface area contributed by atoms with Gasteiger partial charge in [0, 0.05) is 120 Å². The number of hydrogen-bond acceptors (Lipinski definition) is 18. The highest BCUT2D eigenvalue weighted by atomic mass is 16.2. The fraction of sp³-hybridized carbons (Fsp3) is 0.636. The number of nitrogens with one attached hydrogen (secondary N) is 4. The minimum absolute atomic E-state index is 0.0118. The average molecular weight is 1550 g/mol. The Kier molecular flexibility index (Phi) is 63.6. The van der Waals surface area contributed by atoms with Crippen LogP contribution in [0, 0.1) is 43.3 Å². The van der Waals surface area contributed by atoms with Crippen LogP contribution in [0.4, 0.5) is 0 Å². The zero-order valence-electron chi connectivity index (χ0n) is 74.7. The number of likely N-dealkylation sites (N-methyl/N-ethyl adjacent to an activating group) is 2. The van der Waals surface area contributed by atoms with Crippen LogP contribution in [0.3, 0.4) is 0 Å². The lowest BCUT2D eigenvalue weighted by Crippen LogP contribution is -2.34. The molecule has 0 unspecified atom stereocenters. The van der Waals surface area contributed by atoms with Gasteiger partial charge in [-0.25, -0.2) is 0 Å². The Bertz CT molecular complexity index is 2940. The molecule has 4 N–H and O–H groups in total. The Balaban J connectivity index is -0.000000181. The zero-order chi connectivity index (χ0) is 88.8. The lowest BCUT2D eigenvalue weighted by atomic mass is 9.88. The summed E-state index contributed by atoms with van der Waals surface area (Å²) in [6, 6.07) is 0. The van der Waals surface area contributed by atoms with Gasteiger partial charge in [0.15, 0.2) is 46.3 Å². The third-order valence-corrected chi connectivity index (χ3v) is 14.2. The first-order valence-corrected chi connectivity index (χ1v) is 37.4. The minimum Gasteiger partial charge on any atom is -0.345 e. The van der Waals surface area contributed by atoms with Crippen molar-refractivity contribution >= 4 is 93.0 Å². The molecule has 0 saturated carbocycles. The molecule has 0 bridgehead atoms. The summed E-state index contributed by atoms with van der Waals surface area (Å²) in [5.74, 6) is -0.264. The highest BCUT2D eigenvalue weighted by molar-refractivity contribution is 5.98. The van der Waals surface area contributed by atoms with E-state index < -0.39 is 16.2 Å². The quantitative estimate of drug-likeness (QED) is 0.0455. The molecule has 22 nitrogen and oxygen atoms in total. The highest BCUT2D eigenvalue weighted by Gasteiger charge is 2.27. The lowest BCUT2D eigenvalue weighted by molar-refractivity contribution is -0.128. The topological polar surface area (TPSA) is 328 Å². The fourth-order valence-electron chi connectivity index (χ4n) is 6.45. The molecule has 0 atom stereocenters. The molecular formula is C88H150N6O16. The Morgan fingerprint density at radius 1 is 0.273 bits per heavy atom. The third-order valence-electron chi connectivity index (χ3n) is 14.2. The summed E-state index contributed by atoms with van der Waals surface area (Å²) in [5, 5.41) is 10.1. The first kappa shape index (κ1) is 118. The van der Waals surface area contributed by atoms with E-state index in [0.29, 0.717) is 57.9 Å². The van der Waals surface area contributed by atoms with Crippen molar-refractivity contribution in [1.29, 1.82) is 0 Å².